The lowest BCUT2D eigenvalue weighted by atomic mass is 10.2. The van der Waals surface area contributed by atoms with E-state index in [0.29, 0.717) is 5.76 Å². The second-order valence-corrected chi connectivity index (χ2v) is 3.67. The fourth-order valence-corrected chi connectivity index (χ4v) is 1.23. The Morgan fingerprint density at radius 2 is 2.00 bits per heavy atom. The first-order chi connectivity index (χ1) is 8.90. The van der Waals surface area contributed by atoms with Crippen LogP contribution in [0, 0.1) is 0 Å². The smallest absolute Gasteiger partial charge is 0.339 e. The van der Waals surface area contributed by atoms with Gasteiger partial charge in [0, 0.05) is 6.92 Å². The fourth-order valence-electron chi connectivity index (χ4n) is 1.23. The van der Waals surface area contributed by atoms with E-state index in [-0.39, 0.29) is 23.9 Å². The zero-order valence-electron chi connectivity index (χ0n) is 10.6. The van der Waals surface area contributed by atoms with Crippen molar-refractivity contribution in [2.24, 2.45) is 0 Å². The summed E-state index contributed by atoms with van der Waals surface area (Å²) in [4.78, 5) is 21.9. The molecule has 6 heteroatoms. The number of carbonyl (C=O) groups excluding carboxylic acids is 1. The number of rotatable bonds is 6. The highest BCUT2D eigenvalue weighted by Crippen LogP contribution is 2.24. The van der Waals surface area contributed by atoms with Crippen LogP contribution in [0.3, 0.4) is 0 Å². The van der Waals surface area contributed by atoms with Crippen molar-refractivity contribution < 1.29 is 28.9 Å². The molecule has 0 aromatic heterocycles. The summed E-state index contributed by atoms with van der Waals surface area (Å²) in [5.41, 5.74) is -0.121. The highest BCUT2D eigenvalue weighted by atomic mass is 16.7. The van der Waals surface area contributed by atoms with E-state index >= 15 is 0 Å². The zero-order chi connectivity index (χ0) is 14.4. The summed E-state index contributed by atoms with van der Waals surface area (Å²) in [6, 6.07) is 4.04. The van der Waals surface area contributed by atoms with Crippen LogP contribution in [0.1, 0.15) is 24.2 Å². The van der Waals surface area contributed by atoms with Crippen LogP contribution in [0.2, 0.25) is 0 Å². The van der Waals surface area contributed by atoms with Gasteiger partial charge in [-0.05, 0) is 25.1 Å². The van der Waals surface area contributed by atoms with Gasteiger partial charge in [0.2, 0.25) is 6.79 Å². The maximum absolute atomic E-state index is 11.1. The number of hydrogen-bond donors (Lipinski definition) is 1. The number of ether oxygens (including phenoxy) is 3. The van der Waals surface area contributed by atoms with Crippen LogP contribution < -0.4 is 9.47 Å². The van der Waals surface area contributed by atoms with Crippen molar-refractivity contribution in [2.45, 2.75) is 13.8 Å². The topological polar surface area (TPSA) is 82.1 Å². The molecule has 1 rings (SSSR count). The molecule has 0 fully saturated rings. The van der Waals surface area contributed by atoms with Crippen molar-refractivity contribution in [1.82, 2.24) is 0 Å². The summed E-state index contributed by atoms with van der Waals surface area (Å²) in [5.74, 6) is -1.02. The van der Waals surface area contributed by atoms with Crippen LogP contribution in [0.4, 0.5) is 0 Å². The molecule has 0 bridgehead atoms. The van der Waals surface area contributed by atoms with Gasteiger partial charge in [0.15, 0.2) is 0 Å². The summed E-state index contributed by atoms with van der Waals surface area (Å²) >= 11 is 0. The Kier molecular flexibility index (Phi) is 4.93. The van der Waals surface area contributed by atoms with Gasteiger partial charge in [-0.3, -0.25) is 4.79 Å². The van der Waals surface area contributed by atoms with Crippen LogP contribution >= 0.6 is 0 Å². The van der Waals surface area contributed by atoms with Crippen molar-refractivity contribution >= 4 is 11.9 Å². The van der Waals surface area contributed by atoms with Crippen molar-refractivity contribution in [3.8, 4) is 11.5 Å². The molecular formula is C13H14O6. The second kappa shape index (κ2) is 6.44. The van der Waals surface area contributed by atoms with Crippen molar-refractivity contribution in [3.05, 3.63) is 36.1 Å². The molecule has 0 aliphatic rings. The molecule has 1 aromatic carbocycles. The van der Waals surface area contributed by atoms with E-state index in [1.807, 2.05) is 0 Å². The molecule has 0 spiro atoms. The van der Waals surface area contributed by atoms with Gasteiger partial charge in [0.05, 0.1) is 5.76 Å². The molecule has 0 amide bonds. The predicted octanol–water partition coefficient (Wildman–Crippen LogP) is 2.20. The van der Waals surface area contributed by atoms with Gasteiger partial charge < -0.3 is 19.3 Å². The van der Waals surface area contributed by atoms with Gasteiger partial charge in [-0.25, -0.2) is 4.79 Å². The number of carboxylic acid groups (broad SMARTS) is 1. The minimum atomic E-state index is -1.20. The van der Waals surface area contributed by atoms with Gasteiger partial charge in [0.25, 0.3) is 0 Å². The van der Waals surface area contributed by atoms with Gasteiger partial charge >= 0.3 is 11.9 Å². The monoisotopic (exact) mass is 266 g/mol. The third kappa shape index (κ3) is 4.71. The number of carbonyl (C=O) groups is 2. The number of benzene rings is 1. The van der Waals surface area contributed by atoms with E-state index in [2.05, 4.69) is 6.58 Å². The Bertz CT molecular complexity index is 506. The van der Waals surface area contributed by atoms with E-state index in [1.54, 1.807) is 6.92 Å². The zero-order valence-corrected chi connectivity index (χ0v) is 10.6. The summed E-state index contributed by atoms with van der Waals surface area (Å²) < 4.78 is 14.9. The molecule has 0 aliphatic heterocycles. The lowest BCUT2D eigenvalue weighted by Crippen LogP contribution is -2.08. The normalized spacial score (nSPS) is 9.58. The van der Waals surface area contributed by atoms with Crippen LogP contribution in [0.15, 0.2) is 30.5 Å². The Labute approximate surface area is 110 Å². The quantitative estimate of drug-likeness (QED) is 0.368. The molecule has 0 saturated carbocycles. The second-order valence-electron chi connectivity index (χ2n) is 3.67. The Balaban J connectivity index is 2.88. The summed E-state index contributed by atoms with van der Waals surface area (Å²) in [7, 11) is 0. The fraction of sp³-hybridized carbons (Fsp3) is 0.231. The minimum Gasteiger partial charge on any atom is -0.478 e. The Morgan fingerprint density at radius 3 is 2.53 bits per heavy atom. The molecule has 19 heavy (non-hydrogen) atoms. The van der Waals surface area contributed by atoms with Gasteiger partial charge in [-0.15, -0.1) is 0 Å². The molecular weight excluding hydrogens is 252 g/mol. The summed E-state index contributed by atoms with van der Waals surface area (Å²) in [6.45, 7) is 6.24. The molecule has 0 saturated heterocycles. The number of carboxylic acids is 1. The van der Waals surface area contributed by atoms with Crippen LogP contribution in [-0.2, 0) is 9.53 Å². The average molecular weight is 266 g/mol. The lowest BCUT2D eigenvalue weighted by molar-refractivity contribution is -0.131. The van der Waals surface area contributed by atoms with Crippen molar-refractivity contribution in [1.29, 1.82) is 0 Å². The molecule has 0 aliphatic carbocycles. The first-order valence-corrected chi connectivity index (χ1v) is 5.37. The molecule has 102 valence electrons. The first-order valence-electron chi connectivity index (χ1n) is 5.37. The minimum absolute atomic E-state index is 0.115. The largest absolute Gasteiger partial charge is 0.478 e. The van der Waals surface area contributed by atoms with E-state index in [0.717, 1.165) is 0 Å². The maximum atomic E-state index is 11.1. The number of aromatic carboxylic acids is 1. The van der Waals surface area contributed by atoms with Gasteiger partial charge in [0.1, 0.15) is 17.1 Å². The highest BCUT2D eigenvalue weighted by molar-refractivity contribution is 5.91. The molecule has 1 N–H and O–H groups in total. The molecule has 0 unspecified atom stereocenters. The van der Waals surface area contributed by atoms with E-state index in [4.69, 9.17) is 19.3 Å². The van der Waals surface area contributed by atoms with E-state index < -0.39 is 11.9 Å². The number of hydrogen-bond acceptors (Lipinski definition) is 5. The van der Waals surface area contributed by atoms with Gasteiger partial charge in [-0.1, -0.05) is 6.58 Å². The molecule has 0 atom stereocenters. The van der Waals surface area contributed by atoms with Crippen LogP contribution in [0.5, 0.6) is 11.5 Å². The third-order valence-electron chi connectivity index (χ3n) is 1.96. The molecule has 0 radical (unpaired) electrons. The molecule has 1 aromatic rings. The van der Waals surface area contributed by atoms with Crippen molar-refractivity contribution in [2.75, 3.05) is 6.79 Å². The van der Waals surface area contributed by atoms with Crippen LogP contribution in [-0.4, -0.2) is 23.8 Å². The Hall–Kier alpha value is -2.50. The third-order valence-corrected chi connectivity index (χ3v) is 1.96. The summed E-state index contributed by atoms with van der Waals surface area (Å²) in [5, 5.41) is 9.05. The molecule has 0 heterocycles. The highest BCUT2D eigenvalue weighted by Gasteiger charge is 2.14. The first kappa shape index (κ1) is 14.6. The lowest BCUT2D eigenvalue weighted by Gasteiger charge is -2.11. The van der Waals surface area contributed by atoms with Crippen LogP contribution in [0.25, 0.3) is 0 Å². The average Bonchev–Trinajstić information content (AvgIpc) is 2.29. The summed E-state index contributed by atoms with van der Waals surface area (Å²) in [6.07, 6.45) is 0. The van der Waals surface area contributed by atoms with Gasteiger partial charge in [-0.2, -0.15) is 0 Å². The SMILES string of the molecule is C=C(C)OCOc1ccc(OC(C)=O)cc1C(=O)O. The van der Waals surface area contributed by atoms with E-state index in [9.17, 15) is 9.59 Å². The Morgan fingerprint density at radius 1 is 1.32 bits per heavy atom. The standard InChI is InChI=1S/C13H14O6/c1-8(2)17-7-18-12-5-4-10(19-9(3)14)6-11(12)13(15)16/h4-6H,1,7H2,2-3H3,(H,15,16). The van der Waals surface area contributed by atoms with E-state index in [1.165, 1.54) is 25.1 Å². The number of allylic oxidation sites excluding steroid dienone is 1. The van der Waals surface area contributed by atoms with Crippen molar-refractivity contribution in [3.63, 3.8) is 0 Å². The number of esters is 1. The molecule has 6 nitrogen and oxygen atoms in total. The predicted molar refractivity (Wildman–Crippen MR) is 66.1 cm³/mol. The maximum Gasteiger partial charge on any atom is 0.339 e.